The minimum Gasteiger partial charge on any atom is -0.377 e. The van der Waals surface area contributed by atoms with Gasteiger partial charge in [-0.2, -0.15) is 0 Å². The van der Waals surface area contributed by atoms with Crippen molar-refractivity contribution in [3.63, 3.8) is 0 Å². The van der Waals surface area contributed by atoms with Crippen LogP contribution in [0.1, 0.15) is 52.9 Å². The van der Waals surface area contributed by atoms with Gasteiger partial charge in [-0.05, 0) is 51.5 Å². The van der Waals surface area contributed by atoms with Gasteiger partial charge < -0.3 is 10.1 Å². The summed E-state index contributed by atoms with van der Waals surface area (Å²) >= 11 is 0. The molecule has 0 radical (unpaired) electrons. The normalized spacial score (nSPS) is 18.9. The fourth-order valence-corrected chi connectivity index (χ4v) is 3.47. The maximum Gasteiger partial charge on any atom is 0.150 e. The first kappa shape index (κ1) is 17.9. The van der Waals surface area contributed by atoms with Gasteiger partial charge >= 0.3 is 0 Å². The molecule has 0 bridgehead atoms. The van der Waals surface area contributed by atoms with E-state index in [0.717, 1.165) is 32.4 Å². The Morgan fingerprint density at radius 3 is 2.45 bits per heavy atom. The number of hydrogen-bond donors (Lipinski definition) is 1. The molecule has 0 amide bonds. The summed E-state index contributed by atoms with van der Waals surface area (Å²) in [5.41, 5.74) is 0. The SMILES string of the molecule is CCCNC(CCCS(=O)(=O)CC)C(OCC)C1CC1. The van der Waals surface area contributed by atoms with Gasteiger partial charge in [-0.25, -0.2) is 8.42 Å². The third-order valence-electron chi connectivity index (χ3n) is 3.91. The number of rotatable bonds is 12. The molecule has 20 heavy (non-hydrogen) atoms. The zero-order valence-corrected chi connectivity index (χ0v) is 14.0. The quantitative estimate of drug-likeness (QED) is 0.601. The summed E-state index contributed by atoms with van der Waals surface area (Å²) in [5.74, 6) is 1.22. The predicted molar refractivity (Wildman–Crippen MR) is 83.8 cm³/mol. The van der Waals surface area contributed by atoms with Gasteiger partial charge in [0.05, 0.1) is 11.9 Å². The molecule has 0 aliphatic heterocycles. The van der Waals surface area contributed by atoms with Crippen LogP contribution in [0.15, 0.2) is 0 Å². The lowest BCUT2D eigenvalue weighted by Crippen LogP contribution is -2.43. The van der Waals surface area contributed by atoms with Crippen LogP contribution in [0.4, 0.5) is 0 Å². The lowest BCUT2D eigenvalue weighted by Gasteiger charge is -2.28. The third kappa shape index (κ3) is 6.55. The monoisotopic (exact) mass is 305 g/mol. The summed E-state index contributed by atoms with van der Waals surface area (Å²) in [6.45, 7) is 7.61. The van der Waals surface area contributed by atoms with Crippen molar-refractivity contribution >= 4 is 9.84 Å². The fourth-order valence-electron chi connectivity index (χ4n) is 2.58. The number of nitrogens with one attached hydrogen (secondary N) is 1. The largest absolute Gasteiger partial charge is 0.377 e. The van der Waals surface area contributed by atoms with Crippen LogP contribution in [0.5, 0.6) is 0 Å². The van der Waals surface area contributed by atoms with E-state index in [0.29, 0.717) is 17.7 Å². The Morgan fingerprint density at radius 1 is 1.25 bits per heavy atom. The molecular weight excluding hydrogens is 274 g/mol. The van der Waals surface area contributed by atoms with E-state index in [1.54, 1.807) is 6.92 Å². The lowest BCUT2D eigenvalue weighted by atomic mass is 10.0. The van der Waals surface area contributed by atoms with E-state index in [9.17, 15) is 8.42 Å². The molecule has 0 aromatic carbocycles. The molecule has 1 fully saturated rings. The van der Waals surface area contributed by atoms with Crippen molar-refractivity contribution in [2.75, 3.05) is 24.7 Å². The van der Waals surface area contributed by atoms with E-state index < -0.39 is 9.84 Å². The Balaban J connectivity index is 2.49. The second-order valence-corrected chi connectivity index (χ2v) is 8.17. The number of ether oxygens (including phenoxy) is 1. The summed E-state index contributed by atoms with van der Waals surface area (Å²) in [7, 11) is -2.85. The molecule has 0 aromatic rings. The van der Waals surface area contributed by atoms with Gasteiger partial charge in [0, 0.05) is 18.4 Å². The van der Waals surface area contributed by atoms with Crippen molar-refractivity contribution in [3.05, 3.63) is 0 Å². The highest BCUT2D eigenvalue weighted by Gasteiger charge is 2.36. The van der Waals surface area contributed by atoms with Crippen molar-refractivity contribution in [2.24, 2.45) is 5.92 Å². The maximum atomic E-state index is 11.6. The molecular formula is C15H31NO3S. The Bertz CT molecular complexity index is 352. The van der Waals surface area contributed by atoms with Crippen LogP contribution in [-0.4, -0.2) is 45.2 Å². The van der Waals surface area contributed by atoms with E-state index in [2.05, 4.69) is 12.2 Å². The molecule has 4 nitrogen and oxygen atoms in total. The maximum absolute atomic E-state index is 11.6. The van der Waals surface area contributed by atoms with E-state index >= 15 is 0 Å². The first-order valence-electron chi connectivity index (χ1n) is 8.09. The van der Waals surface area contributed by atoms with Gasteiger partial charge in [0.25, 0.3) is 0 Å². The number of sulfone groups is 1. The first-order chi connectivity index (χ1) is 9.54. The third-order valence-corrected chi connectivity index (χ3v) is 5.70. The molecule has 0 heterocycles. The Kier molecular flexibility index (Phi) is 8.07. The average molecular weight is 305 g/mol. The van der Waals surface area contributed by atoms with Crippen LogP contribution in [0.25, 0.3) is 0 Å². The molecule has 0 aromatic heterocycles. The Labute approximate surface area is 124 Å². The van der Waals surface area contributed by atoms with E-state index in [4.69, 9.17) is 4.74 Å². The standard InChI is InChI=1S/C15H31NO3S/c1-4-11-16-14(8-7-12-20(17,18)6-3)15(19-5-2)13-9-10-13/h13-16H,4-12H2,1-3H3. The van der Waals surface area contributed by atoms with E-state index in [1.165, 1.54) is 12.8 Å². The predicted octanol–water partition coefficient (Wildman–Crippen LogP) is 2.38. The van der Waals surface area contributed by atoms with Crippen molar-refractivity contribution in [3.8, 4) is 0 Å². The topological polar surface area (TPSA) is 55.4 Å². The molecule has 120 valence electrons. The highest BCUT2D eigenvalue weighted by Crippen LogP contribution is 2.36. The lowest BCUT2D eigenvalue weighted by molar-refractivity contribution is 0.0169. The fraction of sp³-hybridized carbons (Fsp3) is 1.00. The van der Waals surface area contributed by atoms with Gasteiger partial charge in [-0.15, -0.1) is 0 Å². The van der Waals surface area contributed by atoms with Crippen LogP contribution in [0.2, 0.25) is 0 Å². The van der Waals surface area contributed by atoms with Gasteiger partial charge in [-0.1, -0.05) is 13.8 Å². The van der Waals surface area contributed by atoms with Gasteiger partial charge in [0.2, 0.25) is 0 Å². The molecule has 1 N–H and O–H groups in total. The number of hydrogen-bond acceptors (Lipinski definition) is 4. The van der Waals surface area contributed by atoms with Crippen LogP contribution >= 0.6 is 0 Å². The molecule has 2 atom stereocenters. The molecule has 1 rings (SSSR count). The van der Waals surface area contributed by atoms with Crippen molar-refractivity contribution < 1.29 is 13.2 Å². The molecule has 0 saturated heterocycles. The van der Waals surface area contributed by atoms with Crippen LogP contribution < -0.4 is 5.32 Å². The molecule has 1 aliphatic carbocycles. The molecule has 1 saturated carbocycles. The van der Waals surface area contributed by atoms with E-state index in [-0.39, 0.29) is 11.9 Å². The molecule has 0 spiro atoms. The van der Waals surface area contributed by atoms with Gasteiger partial charge in [0.15, 0.2) is 0 Å². The Hall–Kier alpha value is -0.130. The van der Waals surface area contributed by atoms with Gasteiger partial charge in [-0.3, -0.25) is 0 Å². The molecule has 5 heteroatoms. The van der Waals surface area contributed by atoms with Crippen LogP contribution in [0, 0.1) is 5.92 Å². The summed E-state index contributed by atoms with van der Waals surface area (Å²) < 4.78 is 29.1. The summed E-state index contributed by atoms with van der Waals surface area (Å²) in [6.07, 6.45) is 5.47. The smallest absolute Gasteiger partial charge is 0.150 e. The van der Waals surface area contributed by atoms with Crippen LogP contribution in [-0.2, 0) is 14.6 Å². The summed E-state index contributed by atoms with van der Waals surface area (Å²) in [5, 5.41) is 3.56. The second-order valence-electron chi connectivity index (χ2n) is 5.70. The van der Waals surface area contributed by atoms with Crippen molar-refractivity contribution in [1.82, 2.24) is 5.32 Å². The summed E-state index contributed by atoms with van der Waals surface area (Å²) in [6, 6.07) is 0.300. The minimum atomic E-state index is -2.85. The Morgan fingerprint density at radius 2 is 1.95 bits per heavy atom. The van der Waals surface area contributed by atoms with Crippen molar-refractivity contribution in [1.29, 1.82) is 0 Å². The molecule has 1 aliphatic rings. The second kappa shape index (κ2) is 9.00. The first-order valence-corrected chi connectivity index (χ1v) is 9.91. The van der Waals surface area contributed by atoms with Gasteiger partial charge in [0.1, 0.15) is 9.84 Å². The molecule has 2 unspecified atom stereocenters. The average Bonchev–Trinajstić information content (AvgIpc) is 3.24. The van der Waals surface area contributed by atoms with E-state index in [1.807, 2.05) is 6.92 Å². The minimum absolute atomic E-state index is 0.248. The highest BCUT2D eigenvalue weighted by molar-refractivity contribution is 7.91. The van der Waals surface area contributed by atoms with Crippen LogP contribution in [0.3, 0.4) is 0 Å². The summed E-state index contributed by atoms with van der Waals surface area (Å²) in [4.78, 5) is 0. The van der Waals surface area contributed by atoms with Crippen molar-refractivity contribution in [2.45, 2.75) is 65.0 Å². The zero-order chi connectivity index (χ0) is 15.0. The highest BCUT2D eigenvalue weighted by atomic mass is 32.2. The zero-order valence-electron chi connectivity index (χ0n) is 13.2.